The number of carbonyl (C=O) groups excluding carboxylic acids is 2. The van der Waals surface area contributed by atoms with E-state index in [0.717, 1.165) is 11.1 Å². The van der Waals surface area contributed by atoms with Gasteiger partial charge in [-0.3, -0.25) is 19.8 Å². The molecule has 0 N–H and O–H groups in total. The Balaban J connectivity index is 1.47. The van der Waals surface area contributed by atoms with E-state index < -0.39 is 10.9 Å². The van der Waals surface area contributed by atoms with Gasteiger partial charge in [0, 0.05) is 19.2 Å². The number of rotatable bonds is 8. The molecule has 200 valence electrons. The summed E-state index contributed by atoms with van der Waals surface area (Å²) >= 11 is 8.30. The van der Waals surface area contributed by atoms with Gasteiger partial charge >= 0.3 is 5.97 Å². The quantitative estimate of drug-likeness (QED) is 0.108. The van der Waals surface area contributed by atoms with Gasteiger partial charge in [-0.1, -0.05) is 0 Å². The van der Waals surface area contributed by atoms with Crippen LogP contribution in [0.4, 0.5) is 11.4 Å². The van der Waals surface area contributed by atoms with Crippen LogP contribution in [-0.4, -0.2) is 40.5 Å². The number of non-ortho nitro benzene ring substituents is 1. The van der Waals surface area contributed by atoms with Gasteiger partial charge in [-0.15, -0.1) is 0 Å². The van der Waals surface area contributed by atoms with Gasteiger partial charge in [-0.05, 0) is 116 Å². The van der Waals surface area contributed by atoms with Gasteiger partial charge in [0.25, 0.3) is 11.6 Å². The normalized spacial score (nSPS) is 15.2. The first kappa shape index (κ1) is 28.5. The first-order valence-corrected chi connectivity index (χ1v) is 13.9. The summed E-state index contributed by atoms with van der Waals surface area (Å²) in [6.45, 7) is 2.26. The molecular formula is C27H21Br2N3O6S. The Kier molecular flexibility index (Phi) is 9.20. The van der Waals surface area contributed by atoms with E-state index in [1.807, 2.05) is 12.1 Å². The van der Waals surface area contributed by atoms with Crippen LogP contribution < -0.4 is 4.74 Å². The van der Waals surface area contributed by atoms with Crippen LogP contribution in [0.15, 0.2) is 79.5 Å². The van der Waals surface area contributed by atoms with Crippen LogP contribution >= 0.6 is 43.6 Å². The van der Waals surface area contributed by atoms with Gasteiger partial charge in [0.05, 0.1) is 36.6 Å². The molecule has 0 saturated carbocycles. The van der Waals surface area contributed by atoms with Crippen molar-refractivity contribution >= 4 is 78.1 Å². The molecule has 3 aromatic rings. The number of hydrogen-bond acceptors (Lipinski definition) is 8. The van der Waals surface area contributed by atoms with Crippen molar-refractivity contribution in [3.63, 3.8) is 0 Å². The minimum absolute atomic E-state index is 0.0172. The maximum Gasteiger partial charge on any atom is 0.338 e. The Bertz CT molecular complexity index is 1470. The third kappa shape index (κ3) is 6.94. The van der Waals surface area contributed by atoms with Crippen molar-refractivity contribution in [3.8, 4) is 5.75 Å². The zero-order valence-corrected chi connectivity index (χ0v) is 24.7. The Morgan fingerprint density at radius 3 is 2.33 bits per heavy atom. The maximum atomic E-state index is 12.9. The molecule has 1 amide bonds. The number of benzene rings is 3. The summed E-state index contributed by atoms with van der Waals surface area (Å²) < 4.78 is 12.3. The molecule has 0 aliphatic carbocycles. The molecule has 0 radical (unpaired) electrons. The standard InChI is InChI=1S/C27H21Br2N3O6S/c1-3-37-26(34)18-6-8-19(9-7-18)30-27-31(2)25(33)23(39-27)14-17-12-21(28)24(22(29)13-17)38-15-16-4-10-20(11-5-16)32(35)36/h4-14H,3,15H2,1-2H3. The second kappa shape index (κ2) is 12.6. The van der Waals surface area contributed by atoms with E-state index in [9.17, 15) is 19.7 Å². The van der Waals surface area contributed by atoms with Crippen LogP contribution in [0.2, 0.25) is 0 Å². The molecule has 1 aliphatic rings. The monoisotopic (exact) mass is 673 g/mol. The lowest BCUT2D eigenvalue weighted by Gasteiger charge is -2.11. The summed E-state index contributed by atoms with van der Waals surface area (Å²) in [5, 5.41) is 11.3. The molecular weight excluding hydrogens is 654 g/mol. The Morgan fingerprint density at radius 2 is 1.74 bits per heavy atom. The molecule has 0 atom stereocenters. The summed E-state index contributed by atoms with van der Waals surface area (Å²) in [6.07, 6.45) is 1.77. The molecule has 1 aliphatic heterocycles. The summed E-state index contributed by atoms with van der Waals surface area (Å²) in [5.74, 6) is -0.0243. The van der Waals surface area contributed by atoms with Crippen molar-refractivity contribution in [2.45, 2.75) is 13.5 Å². The van der Waals surface area contributed by atoms with Gasteiger partial charge in [-0.2, -0.15) is 0 Å². The lowest BCUT2D eigenvalue weighted by Crippen LogP contribution is -2.23. The van der Waals surface area contributed by atoms with Crippen LogP contribution in [0.3, 0.4) is 0 Å². The summed E-state index contributed by atoms with van der Waals surface area (Å²) in [4.78, 5) is 41.7. The highest BCUT2D eigenvalue weighted by Gasteiger charge is 2.30. The van der Waals surface area contributed by atoms with Crippen LogP contribution in [0, 0.1) is 10.1 Å². The lowest BCUT2D eigenvalue weighted by molar-refractivity contribution is -0.384. The van der Waals surface area contributed by atoms with E-state index in [1.165, 1.54) is 28.8 Å². The first-order valence-electron chi connectivity index (χ1n) is 11.5. The number of nitrogens with zero attached hydrogens (tertiary/aromatic N) is 3. The highest BCUT2D eigenvalue weighted by Crippen LogP contribution is 2.38. The number of aliphatic imine (C=N–C) groups is 1. The molecule has 9 nitrogen and oxygen atoms in total. The van der Waals surface area contributed by atoms with Crippen molar-refractivity contribution in [1.29, 1.82) is 0 Å². The first-order chi connectivity index (χ1) is 18.7. The molecule has 1 saturated heterocycles. The van der Waals surface area contributed by atoms with Crippen molar-refractivity contribution in [1.82, 2.24) is 4.90 Å². The number of likely N-dealkylation sites (N-methyl/N-ethyl adjacent to an activating group) is 1. The number of nitro benzene ring substituents is 1. The lowest BCUT2D eigenvalue weighted by atomic mass is 10.2. The summed E-state index contributed by atoms with van der Waals surface area (Å²) in [6, 6.07) is 16.5. The molecule has 1 fully saturated rings. The predicted octanol–water partition coefficient (Wildman–Crippen LogP) is 7.11. The molecule has 0 aromatic heterocycles. The van der Waals surface area contributed by atoms with Crippen molar-refractivity contribution < 1.29 is 24.0 Å². The van der Waals surface area contributed by atoms with Gasteiger partial charge in [0.15, 0.2) is 5.17 Å². The molecule has 1 heterocycles. The Labute approximate surface area is 245 Å². The van der Waals surface area contributed by atoms with Crippen molar-refractivity contribution in [2.75, 3.05) is 13.7 Å². The second-order valence-corrected chi connectivity index (χ2v) is 10.9. The Morgan fingerprint density at radius 1 is 1.10 bits per heavy atom. The number of amidine groups is 1. The van der Waals surface area contributed by atoms with Crippen molar-refractivity contribution in [2.24, 2.45) is 4.99 Å². The summed E-state index contributed by atoms with van der Waals surface area (Å²) in [5.41, 5.74) is 2.60. The number of nitro groups is 1. The number of ether oxygens (including phenoxy) is 2. The molecule has 12 heteroatoms. The van der Waals surface area contributed by atoms with E-state index in [4.69, 9.17) is 9.47 Å². The largest absolute Gasteiger partial charge is 0.487 e. The van der Waals surface area contributed by atoms with E-state index in [0.29, 0.717) is 42.6 Å². The summed E-state index contributed by atoms with van der Waals surface area (Å²) in [7, 11) is 1.66. The minimum Gasteiger partial charge on any atom is -0.487 e. The van der Waals surface area contributed by atoms with Gasteiger partial charge < -0.3 is 9.47 Å². The van der Waals surface area contributed by atoms with Crippen LogP contribution in [0.1, 0.15) is 28.4 Å². The number of hydrogen-bond donors (Lipinski definition) is 0. The highest BCUT2D eigenvalue weighted by molar-refractivity contribution is 9.11. The maximum absolute atomic E-state index is 12.9. The number of thioether (sulfide) groups is 1. The van der Waals surface area contributed by atoms with Crippen molar-refractivity contribution in [3.05, 3.63) is 101 Å². The fourth-order valence-corrected chi connectivity index (χ4v) is 5.91. The van der Waals surface area contributed by atoms with E-state index >= 15 is 0 Å². The molecule has 0 spiro atoms. The average molecular weight is 675 g/mol. The Hall–Kier alpha value is -3.48. The smallest absolute Gasteiger partial charge is 0.338 e. The third-order valence-corrected chi connectivity index (χ3v) is 7.69. The SMILES string of the molecule is CCOC(=O)c1ccc(N=C2SC(=Cc3cc(Br)c(OCc4ccc([N+](=O)[O-])cc4)c(Br)c3)C(=O)N2C)cc1. The van der Waals surface area contributed by atoms with Gasteiger partial charge in [0.2, 0.25) is 0 Å². The molecule has 39 heavy (non-hydrogen) atoms. The van der Waals surface area contributed by atoms with E-state index in [-0.39, 0.29) is 18.2 Å². The number of halogens is 2. The van der Waals surface area contributed by atoms with Crippen LogP contribution in [0.5, 0.6) is 5.75 Å². The second-order valence-electron chi connectivity index (χ2n) is 8.16. The fraction of sp³-hybridized carbons (Fsp3) is 0.148. The van der Waals surface area contributed by atoms with E-state index in [1.54, 1.807) is 56.4 Å². The average Bonchev–Trinajstić information content (AvgIpc) is 3.16. The fourth-order valence-electron chi connectivity index (χ4n) is 3.47. The molecule has 4 rings (SSSR count). The number of amides is 1. The predicted molar refractivity (Wildman–Crippen MR) is 157 cm³/mol. The van der Waals surface area contributed by atoms with Gasteiger partial charge in [0.1, 0.15) is 12.4 Å². The molecule has 0 unspecified atom stereocenters. The zero-order chi connectivity index (χ0) is 28.1. The number of esters is 1. The molecule has 3 aromatic carbocycles. The van der Waals surface area contributed by atoms with Gasteiger partial charge in [-0.25, -0.2) is 9.79 Å². The zero-order valence-electron chi connectivity index (χ0n) is 20.7. The van der Waals surface area contributed by atoms with Crippen LogP contribution in [0.25, 0.3) is 6.08 Å². The number of carbonyl (C=O) groups is 2. The van der Waals surface area contributed by atoms with Crippen LogP contribution in [-0.2, 0) is 16.1 Å². The third-order valence-electron chi connectivity index (χ3n) is 5.46. The highest BCUT2D eigenvalue weighted by atomic mass is 79.9. The minimum atomic E-state index is -0.449. The van der Waals surface area contributed by atoms with E-state index in [2.05, 4.69) is 36.9 Å². The topological polar surface area (TPSA) is 111 Å². The molecule has 0 bridgehead atoms.